The summed E-state index contributed by atoms with van der Waals surface area (Å²) in [6.45, 7) is 6.46. The molecule has 0 radical (unpaired) electrons. The van der Waals surface area contributed by atoms with Gasteiger partial charge in [0.15, 0.2) is 0 Å². The number of nitrogens with one attached hydrogen (secondary N) is 1. The van der Waals surface area contributed by atoms with E-state index in [4.69, 9.17) is 4.74 Å². The van der Waals surface area contributed by atoms with Gasteiger partial charge in [0.25, 0.3) is 0 Å². The Hall–Kier alpha value is -0.610. The van der Waals surface area contributed by atoms with Crippen molar-refractivity contribution < 1.29 is 14.6 Å². The van der Waals surface area contributed by atoms with E-state index < -0.39 is 11.5 Å². The fourth-order valence-electron chi connectivity index (χ4n) is 2.11. The molecule has 100 valence electrons. The number of hydrogen-bond donors (Lipinski definition) is 2. The van der Waals surface area contributed by atoms with Gasteiger partial charge >= 0.3 is 5.97 Å². The lowest BCUT2D eigenvalue weighted by molar-refractivity contribution is -0.147. The predicted molar refractivity (Wildman–Crippen MR) is 67.1 cm³/mol. The van der Waals surface area contributed by atoms with Gasteiger partial charge in [-0.15, -0.1) is 0 Å². The molecule has 2 N–H and O–H groups in total. The van der Waals surface area contributed by atoms with Crippen molar-refractivity contribution in [1.82, 2.24) is 5.32 Å². The molecule has 1 saturated carbocycles. The summed E-state index contributed by atoms with van der Waals surface area (Å²) >= 11 is 0. The van der Waals surface area contributed by atoms with E-state index in [2.05, 4.69) is 5.32 Å². The van der Waals surface area contributed by atoms with Crippen molar-refractivity contribution in [3.63, 3.8) is 0 Å². The lowest BCUT2D eigenvalue weighted by Crippen LogP contribution is -2.55. The van der Waals surface area contributed by atoms with E-state index in [1.165, 1.54) is 19.3 Å². The number of carboxylic acids is 1. The highest BCUT2D eigenvalue weighted by Gasteiger charge is 2.33. The molecule has 4 nitrogen and oxygen atoms in total. The van der Waals surface area contributed by atoms with Gasteiger partial charge in [0.1, 0.15) is 5.54 Å². The van der Waals surface area contributed by atoms with Crippen molar-refractivity contribution in [1.29, 1.82) is 0 Å². The van der Waals surface area contributed by atoms with Crippen LogP contribution in [0, 0.1) is 5.92 Å². The van der Waals surface area contributed by atoms with E-state index in [0.717, 1.165) is 12.3 Å². The van der Waals surface area contributed by atoms with Crippen LogP contribution in [-0.2, 0) is 9.53 Å². The molecule has 0 aliphatic heterocycles. The molecule has 0 aromatic heterocycles. The molecule has 4 heteroatoms. The minimum absolute atomic E-state index is 0.131. The summed E-state index contributed by atoms with van der Waals surface area (Å²) in [5.41, 5.74) is -0.978. The lowest BCUT2D eigenvalue weighted by Gasteiger charge is -2.29. The summed E-state index contributed by atoms with van der Waals surface area (Å²) < 4.78 is 5.52. The molecular weight excluding hydrogens is 218 g/mol. The van der Waals surface area contributed by atoms with Gasteiger partial charge in [-0.25, -0.2) is 0 Å². The van der Waals surface area contributed by atoms with E-state index in [1.807, 2.05) is 13.8 Å². The van der Waals surface area contributed by atoms with Crippen molar-refractivity contribution in [3.05, 3.63) is 0 Å². The van der Waals surface area contributed by atoms with E-state index in [9.17, 15) is 9.90 Å². The minimum Gasteiger partial charge on any atom is -0.480 e. The van der Waals surface area contributed by atoms with Crippen molar-refractivity contribution in [3.8, 4) is 0 Å². The van der Waals surface area contributed by atoms with Crippen LogP contribution in [0.4, 0.5) is 0 Å². The molecule has 0 heterocycles. The zero-order chi connectivity index (χ0) is 12.9. The third kappa shape index (κ3) is 4.64. The molecule has 1 aliphatic rings. The highest BCUT2D eigenvalue weighted by molar-refractivity contribution is 5.78. The zero-order valence-corrected chi connectivity index (χ0v) is 11.2. The Kier molecular flexibility index (Phi) is 5.40. The molecule has 1 atom stereocenters. The molecular formula is C13H25NO3. The van der Waals surface area contributed by atoms with Crippen molar-refractivity contribution in [2.45, 2.75) is 58.0 Å². The molecule has 1 unspecified atom stereocenters. The van der Waals surface area contributed by atoms with Gasteiger partial charge in [0, 0.05) is 12.6 Å². The van der Waals surface area contributed by atoms with Gasteiger partial charge < -0.3 is 9.84 Å². The Bertz CT molecular complexity index is 251. The van der Waals surface area contributed by atoms with Gasteiger partial charge in [-0.3, -0.25) is 10.1 Å². The summed E-state index contributed by atoms with van der Waals surface area (Å²) in [5.74, 6) is -0.0426. The summed E-state index contributed by atoms with van der Waals surface area (Å²) in [6.07, 6.45) is 5.03. The fraction of sp³-hybridized carbons (Fsp3) is 0.923. The molecule has 1 fully saturated rings. The number of rotatable bonds is 8. The average Bonchev–Trinajstić information content (AvgIpc) is 2.13. The van der Waals surface area contributed by atoms with Crippen LogP contribution in [0.25, 0.3) is 0 Å². The van der Waals surface area contributed by atoms with Gasteiger partial charge in [0.2, 0.25) is 0 Å². The number of ether oxygens (including phenoxy) is 1. The van der Waals surface area contributed by atoms with Crippen molar-refractivity contribution in [2.24, 2.45) is 5.92 Å². The number of hydrogen-bond acceptors (Lipinski definition) is 3. The monoisotopic (exact) mass is 243 g/mol. The second kappa shape index (κ2) is 6.36. The molecule has 17 heavy (non-hydrogen) atoms. The van der Waals surface area contributed by atoms with Gasteiger partial charge in [-0.05, 0) is 33.1 Å². The molecule has 0 aromatic rings. The number of aliphatic carboxylic acids is 1. The first-order valence-corrected chi connectivity index (χ1v) is 6.53. The summed E-state index contributed by atoms with van der Waals surface area (Å²) in [5, 5.41) is 12.3. The largest absolute Gasteiger partial charge is 0.480 e. The van der Waals surface area contributed by atoms with Crippen molar-refractivity contribution in [2.75, 3.05) is 13.2 Å². The van der Waals surface area contributed by atoms with Gasteiger partial charge in [0.05, 0.1) is 6.61 Å². The summed E-state index contributed by atoms with van der Waals surface area (Å²) in [4.78, 5) is 11.2. The zero-order valence-electron chi connectivity index (χ0n) is 11.2. The number of carbonyl (C=O) groups is 1. The second-order valence-corrected chi connectivity index (χ2v) is 5.57. The third-order valence-electron chi connectivity index (χ3n) is 3.37. The Labute approximate surface area is 104 Å². The van der Waals surface area contributed by atoms with Crippen LogP contribution in [0.15, 0.2) is 0 Å². The summed E-state index contributed by atoms with van der Waals surface area (Å²) in [6, 6.07) is 0.131. The minimum atomic E-state index is -0.978. The molecule has 0 saturated heterocycles. The molecule has 0 aromatic carbocycles. The van der Waals surface area contributed by atoms with Gasteiger partial charge in [-0.2, -0.15) is 0 Å². The van der Waals surface area contributed by atoms with Crippen LogP contribution in [-0.4, -0.2) is 35.9 Å². The predicted octanol–water partition coefficient (Wildman–Crippen LogP) is 2.03. The Morgan fingerprint density at radius 2 is 2.18 bits per heavy atom. The topological polar surface area (TPSA) is 58.6 Å². The lowest BCUT2D eigenvalue weighted by atomic mass is 9.83. The second-order valence-electron chi connectivity index (χ2n) is 5.57. The highest BCUT2D eigenvalue weighted by Crippen LogP contribution is 2.29. The Morgan fingerprint density at radius 1 is 1.53 bits per heavy atom. The van der Waals surface area contributed by atoms with Crippen LogP contribution >= 0.6 is 0 Å². The van der Waals surface area contributed by atoms with Gasteiger partial charge in [-0.1, -0.05) is 19.3 Å². The van der Waals surface area contributed by atoms with E-state index in [-0.39, 0.29) is 12.6 Å². The molecule has 0 amide bonds. The first-order valence-electron chi connectivity index (χ1n) is 6.53. The van der Waals surface area contributed by atoms with Crippen LogP contribution in [0.2, 0.25) is 0 Å². The normalized spacial score (nSPS) is 20.0. The van der Waals surface area contributed by atoms with Crippen molar-refractivity contribution >= 4 is 5.97 Å². The summed E-state index contributed by atoms with van der Waals surface area (Å²) in [7, 11) is 0. The van der Waals surface area contributed by atoms with Crippen LogP contribution in [0.5, 0.6) is 0 Å². The molecule has 1 aliphatic carbocycles. The SMILES string of the molecule is CC(C)NC(C)(COCCC1CCC1)C(=O)O. The first-order chi connectivity index (χ1) is 7.94. The van der Waals surface area contributed by atoms with E-state index in [1.54, 1.807) is 6.92 Å². The molecule has 0 bridgehead atoms. The molecule has 0 spiro atoms. The maximum atomic E-state index is 11.2. The first kappa shape index (κ1) is 14.5. The highest BCUT2D eigenvalue weighted by atomic mass is 16.5. The van der Waals surface area contributed by atoms with Crippen LogP contribution < -0.4 is 5.32 Å². The van der Waals surface area contributed by atoms with E-state index in [0.29, 0.717) is 6.61 Å². The Morgan fingerprint density at radius 3 is 2.59 bits per heavy atom. The maximum absolute atomic E-state index is 11.2. The standard InChI is InChI=1S/C13H25NO3/c1-10(2)14-13(3,12(15)16)9-17-8-7-11-5-4-6-11/h10-11,14H,4-9H2,1-3H3,(H,15,16). The van der Waals surface area contributed by atoms with E-state index >= 15 is 0 Å². The number of carboxylic acid groups (broad SMARTS) is 1. The third-order valence-corrected chi connectivity index (χ3v) is 3.37. The molecule has 1 rings (SSSR count). The average molecular weight is 243 g/mol. The maximum Gasteiger partial charge on any atom is 0.326 e. The fourth-order valence-corrected chi connectivity index (χ4v) is 2.11. The van der Waals surface area contributed by atoms with Crippen LogP contribution in [0.1, 0.15) is 46.5 Å². The van der Waals surface area contributed by atoms with Crippen LogP contribution in [0.3, 0.4) is 0 Å². The smallest absolute Gasteiger partial charge is 0.326 e. The Balaban J connectivity index is 2.25. The quantitative estimate of drug-likeness (QED) is 0.640.